The lowest BCUT2D eigenvalue weighted by Gasteiger charge is -2.04. The molecule has 0 aliphatic rings. The fraction of sp³-hybridized carbons (Fsp3) is 0.833. The number of nitrogens with zero attached hydrogens (tertiary/aromatic N) is 1. The van der Waals surface area contributed by atoms with Gasteiger partial charge in [-0.1, -0.05) is 13.3 Å². The maximum atomic E-state index is 10.8. The van der Waals surface area contributed by atoms with Crippen molar-refractivity contribution < 1.29 is 17.9 Å². The van der Waals surface area contributed by atoms with Gasteiger partial charge in [0.25, 0.3) is 0 Å². The van der Waals surface area contributed by atoms with E-state index in [0.29, 0.717) is 12.8 Å². The van der Waals surface area contributed by atoms with Gasteiger partial charge in [0.05, 0.1) is 7.11 Å². The van der Waals surface area contributed by atoms with E-state index in [1.807, 2.05) is 6.92 Å². The van der Waals surface area contributed by atoms with Crippen molar-refractivity contribution in [2.45, 2.75) is 25.8 Å². The monoisotopic (exact) mass is 210 g/mol. The molecule has 0 aliphatic carbocycles. The summed E-state index contributed by atoms with van der Waals surface area (Å²) in [4.78, 5) is 10.8. The van der Waals surface area contributed by atoms with Crippen LogP contribution in [0.4, 0.5) is 0 Å². The SMILES string of the molecule is CCCC(N=S(=O)=O)C(=O)OC.N. The van der Waals surface area contributed by atoms with Crippen LogP contribution in [0.25, 0.3) is 0 Å². The van der Waals surface area contributed by atoms with Crippen LogP contribution in [0.2, 0.25) is 0 Å². The minimum absolute atomic E-state index is 0. The van der Waals surface area contributed by atoms with Crippen LogP contribution in [0.3, 0.4) is 0 Å². The third-order valence-corrected chi connectivity index (χ3v) is 1.68. The first-order valence-corrected chi connectivity index (χ1v) is 4.53. The molecule has 0 heterocycles. The molecule has 13 heavy (non-hydrogen) atoms. The number of ether oxygens (including phenoxy) is 1. The Morgan fingerprint density at radius 3 is 2.38 bits per heavy atom. The summed E-state index contributed by atoms with van der Waals surface area (Å²) in [6.07, 6.45) is 1.07. The Hall–Kier alpha value is -0.950. The number of carbonyl (C=O) groups is 1. The molecule has 0 fully saturated rings. The predicted octanol–water partition coefficient (Wildman–Crippen LogP) is 0.553. The Balaban J connectivity index is 0. The zero-order valence-corrected chi connectivity index (χ0v) is 8.50. The van der Waals surface area contributed by atoms with Gasteiger partial charge in [-0.3, -0.25) is 0 Å². The zero-order valence-electron chi connectivity index (χ0n) is 7.69. The molecule has 1 unspecified atom stereocenters. The highest BCUT2D eigenvalue weighted by Crippen LogP contribution is 2.03. The van der Waals surface area contributed by atoms with Gasteiger partial charge in [-0.05, 0) is 6.42 Å². The molecule has 1 atom stereocenters. The molecule has 0 radical (unpaired) electrons. The molecular weight excluding hydrogens is 196 g/mol. The van der Waals surface area contributed by atoms with E-state index in [1.54, 1.807) is 0 Å². The predicted molar refractivity (Wildman–Crippen MR) is 47.1 cm³/mol. The zero-order chi connectivity index (χ0) is 9.56. The molecule has 3 N–H and O–H groups in total. The quantitative estimate of drug-likeness (QED) is 0.682. The first-order valence-electron chi connectivity index (χ1n) is 3.49. The van der Waals surface area contributed by atoms with Crippen LogP contribution < -0.4 is 6.15 Å². The van der Waals surface area contributed by atoms with Gasteiger partial charge in [-0.2, -0.15) is 12.8 Å². The van der Waals surface area contributed by atoms with Gasteiger partial charge < -0.3 is 10.9 Å². The lowest BCUT2D eigenvalue weighted by molar-refractivity contribution is -0.142. The number of rotatable bonds is 4. The Morgan fingerprint density at radius 2 is 2.08 bits per heavy atom. The van der Waals surface area contributed by atoms with Crippen LogP contribution >= 0.6 is 0 Å². The normalized spacial score (nSPS) is 10.9. The molecule has 0 aromatic rings. The highest BCUT2D eigenvalue weighted by atomic mass is 32.2. The summed E-state index contributed by atoms with van der Waals surface area (Å²) in [5.74, 6) is -0.610. The summed E-state index contributed by atoms with van der Waals surface area (Å²) in [5.41, 5.74) is 0. The molecule has 78 valence electrons. The molecule has 0 aromatic heterocycles. The van der Waals surface area contributed by atoms with E-state index in [2.05, 4.69) is 9.10 Å². The highest BCUT2D eigenvalue weighted by Gasteiger charge is 2.16. The van der Waals surface area contributed by atoms with Crippen LogP contribution in [-0.4, -0.2) is 27.5 Å². The molecule has 0 aliphatic heterocycles. The molecule has 0 saturated heterocycles. The first kappa shape index (κ1) is 14.6. The smallest absolute Gasteiger partial charge is 0.331 e. The number of esters is 1. The van der Waals surface area contributed by atoms with E-state index in [4.69, 9.17) is 0 Å². The van der Waals surface area contributed by atoms with Crippen molar-refractivity contribution in [1.82, 2.24) is 6.15 Å². The van der Waals surface area contributed by atoms with Gasteiger partial charge in [0.15, 0.2) is 6.04 Å². The van der Waals surface area contributed by atoms with Crippen molar-refractivity contribution in [2.75, 3.05) is 7.11 Å². The summed E-state index contributed by atoms with van der Waals surface area (Å²) in [6.45, 7) is 1.83. The molecule has 0 aromatic carbocycles. The van der Waals surface area contributed by atoms with E-state index in [-0.39, 0.29) is 6.15 Å². The lowest BCUT2D eigenvalue weighted by atomic mass is 10.2. The molecule has 7 heteroatoms. The minimum Gasteiger partial charge on any atom is -0.467 e. The molecule has 0 saturated carbocycles. The summed E-state index contributed by atoms with van der Waals surface area (Å²) >= 11 is 0. The van der Waals surface area contributed by atoms with E-state index in [9.17, 15) is 13.2 Å². The fourth-order valence-electron chi connectivity index (χ4n) is 0.727. The number of hydrogen-bond acceptors (Lipinski definition) is 6. The second-order valence-electron chi connectivity index (χ2n) is 2.15. The Labute approximate surface area is 78.6 Å². The van der Waals surface area contributed by atoms with Crippen LogP contribution in [0.15, 0.2) is 4.36 Å². The minimum atomic E-state index is -2.55. The lowest BCUT2D eigenvalue weighted by Crippen LogP contribution is -2.19. The number of hydrogen-bond donors (Lipinski definition) is 1. The molecule has 0 rings (SSSR count). The van der Waals surface area contributed by atoms with Crippen LogP contribution in [0.5, 0.6) is 0 Å². The summed E-state index contributed by atoms with van der Waals surface area (Å²) in [7, 11) is -1.34. The van der Waals surface area contributed by atoms with E-state index < -0.39 is 22.5 Å². The second kappa shape index (κ2) is 7.69. The third-order valence-electron chi connectivity index (χ3n) is 1.25. The maximum Gasteiger partial charge on any atom is 0.331 e. The van der Waals surface area contributed by atoms with Crippen molar-refractivity contribution in [1.29, 1.82) is 0 Å². The highest BCUT2D eigenvalue weighted by molar-refractivity contribution is 7.61. The van der Waals surface area contributed by atoms with Gasteiger partial charge in [0, 0.05) is 0 Å². The van der Waals surface area contributed by atoms with Gasteiger partial charge in [0.2, 0.25) is 0 Å². The number of methoxy groups -OCH3 is 1. The van der Waals surface area contributed by atoms with Crippen molar-refractivity contribution in [3.8, 4) is 0 Å². The van der Waals surface area contributed by atoms with Crippen molar-refractivity contribution in [3.05, 3.63) is 0 Å². The van der Waals surface area contributed by atoms with Crippen molar-refractivity contribution in [3.63, 3.8) is 0 Å². The van der Waals surface area contributed by atoms with Crippen molar-refractivity contribution in [2.24, 2.45) is 4.36 Å². The van der Waals surface area contributed by atoms with E-state index >= 15 is 0 Å². The van der Waals surface area contributed by atoms with Gasteiger partial charge in [0.1, 0.15) is 0 Å². The summed E-state index contributed by atoms with van der Waals surface area (Å²) < 4.78 is 27.8. The van der Waals surface area contributed by atoms with Gasteiger partial charge >= 0.3 is 16.5 Å². The average Bonchev–Trinajstić information content (AvgIpc) is 2.01. The summed E-state index contributed by atoms with van der Waals surface area (Å²) in [6, 6.07) is -0.877. The summed E-state index contributed by atoms with van der Waals surface area (Å²) in [5, 5.41) is 0. The van der Waals surface area contributed by atoms with Gasteiger partial charge in [-0.25, -0.2) is 4.79 Å². The molecular formula is C6H14N2O4S. The Morgan fingerprint density at radius 1 is 1.54 bits per heavy atom. The van der Waals surface area contributed by atoms with Gasteiger partial charge in [-0.15, -0.1) is 0 Å². The fourth-order valence-corrected chi connectivity index (χ4v) is 1.13. The molecule has 0 bridgehead atoms. The van der Waals surface area contributed by atoms with Crippen LogP contribution in [0.1, 0.15) is 19.8 Å². The standard InChI is InChI=1S/C6H11NO4S.H3N/c1-3-4-5(6(8)11-2)7-12(9)10;/h5H,3-4H2,1-2H3;1H3. The molecule has 0 amide bonds. The second-order valence-corrected chi connectivity index (χ2v) is 2.80. The van der Waals surface area contributed by atoms with Crippen molar-refractivity contribution >= 4 is 16.5 Å². The topological polar surface area (TPSA) is 108 Å². The molecule has 0 spiro atoms. The Kier molecular flexibility index (Phi) is 8.61. The third kappa shape index (κ3) is 6.23. The van der Waals surface area contributed by atoms with Crippen LogP contribution in [-0.2, 0) is 20.0 Å². The van der Waals surface area contributed by atoms with E-state index in [1.165, 1.54) is 7.11 Å². The first-order chi connectivity index (χ1) is 5.61. The Bertz CT molecular complexity index is 264. The average molecular weight is 210 g/mol. The number of carbonyl (C=O) groups excluding carboxylic acids is 1. The largest absolute Gasteiger partial charge is 0.467 e. The maximum absolute atomic E-state index is 10.8. The molecule has 6 nitrogen and oxygen atoms in total. The van der Waals surface area contributed by atoms with Crippen LogP contribution in [0, 0.1) is 0 Å². The van der Waals surface area contributed by atoms with E-state index in [0.717, 1.165) is 0 Å².